The molecule has 0 radical (unpaired) electrons. The summed E-state index contributed by atoms with van der Waals surface area (Å²) in [5.41, 5.74) is 0. The fourth-order valence-corrected chi connectivity index (χ4v) is 1.03. The zero-order valence-corrected chi connectivity index (χ0v) is 6.25. The smallest absolute Gasteiger partial charge is 0.0477 e. The average molecular weight is 155 g/mol. The third-order valence-corrected chi connectivity index (χ3v) is 1.63. The van der Waals surface area contributed by atoms with Gasteiger partial charge in [0.25, 0.3) is 0 Å². The lowest BCUT2D eigenvalue weighted by Crippen LogP contribution is -2.22. The van der Waals surface area contributed by atoms with Gasteiger partial charge in [-0.15, -0.1) is 0 Å². The van der Waals surface area contributed by atoms with Crippen molar-refractivity contribution in [3.05, 3.63) is 0 Å². The summed E-state index contributed by atoms with van der Waals surface area (Å²) >= 11 is 0. The lowest BCUT2D eigenvalue weighted by Gasteiger charge is -2.17. The predicted molar refractivity (Wildman–Crippen MR) is 37.3 cm³/mol. The number of rotatable bonds is 0. The van der Waals surface area contributed by atoms with E-state index >= 15 is 0 Å². The fraction of sp³-hybridized carbons (Fsp3) is 0.750. The van der Waals surface area contributed by atoms with Crippen molar-refractivity contribution >= 4 is 0 Å². The molecule has 3 nitrogen and oxygen atoms in total. The highest BCUT2D eigenvalue weighted by atomic mass is 16.5. The molecule has 1 unspecified atom stereocenters. The van der Waals surface area contributed by atoms with Gasteiger partial charge in [-0.05, 0) is 12.8 Å². The molecule has 0 saturated carbocycles. The normalized spacial score (nSPS) is 22.0. The summed E-state index contributed by atoms with van der Waals surface area (Å²) in [4.78, 5) is 0. The molecule has 1 aliphatic heterocycles. The molecule has 0 aliphatic carbocycles. The topological polar surface area (TPSA) is 52.5 Å². The van der Waals surface area contributed by atoms with Crippen LogP contribution in [-0.2, 0) is 4.74 Å². The molecule has 1 N–H and O–H groups in total. The Morgan fingerprint density at radius 2 is 2.09 bits per heavy atom. The van der Waals surface area contributed by atoms with Crippen LogP contribution in [0.4, 0.5) is 0 Å². The second kappa shape index (κ2) is 4.35. The minimum absolute atomic E-state index is 0.243. The van der Waals surface area contributed by atoms with Crippen LogP contribution in [0.5, 0.6) is 0 Å². The van der Waals surface area contributed by atoms with Crippen molar-refractivity contribution in [2.24, 2.45) is 5.92 Å². The highest BCUT2D eigenvalue weighted by molar-refractivity contribution is 5.05. The third-order valence-electron chi connectivity index (χ3n) is 1.63. The Balaban J connectivity index is 2.31. The molecule has 1 heterocycles. The molecule has 1 aliphatic rings. The molecule has 0 aromatic carbocycles. The van der Waals surface area contributed by atoms with Gasteiger partial charge in [-0.3, -0.25) is 0 Å². The number of hydrogen-bond donors (Lipinski definition) is 1. The van der Waals surface area contributed by atoms with Gasteiger partial charge in [-0.2, -0.15) is 0 Å². The van der Waals surface area contributed by atoms with Crippen molar-refractivity contribution in [3.8, 4) is 11.8 Å². The van der Waals surface area contributed by atoms with Gasteiger partial charge in [0.15, 0.2) is 0 Å². The largest absolute Gasteiger partial charge is 0.821 e. The Kier molecular flexibility index (Phi) is 3.37. The van der Waals surface area contributed by atoms with E-state index in [9.17, 15) is 5.11 Å². The summed E-state index contributed by atoms with van der Waals surface area (Å²) in [6, 6.07) is 0. The highest BCUT2D eigenvalue weighted by Crippen LogP contribution is 2.12. The maximum absolute atomic E-state index is 10.1. The molecular weight excluding hydrogens is 144 g/mol. The molecule has 0 bridgehead atoms. The highest BCUT2D eigenvalue weighted by Gasteiger charge is 2.09. The molecule has 0 spiro atoms. The van der Waals surface area contributed by atoms with Gasteiger partial charge in [0.05, 0.1) is 0 Å². The Morgan fingerprint density at radius 3 is 2.64 bits per heavy atom. The van der Waals surface area contributed by atoms with Crippen molar-refractivity contribution < 1.29 is 14.9 Å². The second-order valence-corrected chi connectivity index (χ2v) is 2.53. The number of aliphatic hydroxyl groups is 1. The summed E-state index contributed by atoms with van der Waals surface area (Å²) in [7, 11) is 0. The van der Waals surface area contributed by atoms with Crippen LogP contribution >= 0.6 is 0 Å². The van der Waals surface area contributed by atoms with Gasteiger partial charge in [0.1, 0.15) is 0 Å². The Labute approximate surface area is 66.0 Å². The molecule has 0 amide bonds. The van der Waals surface area contributed by atoms with Crippen molar-refractivity contribution in [1.29, 1.82) is 0 Å². The molecule has 1 atom stereocenters. The molecule has 1 fully saturated rings. The van der Waals surface area contributed by atoms with E-state index in [1.54, 1.807) is 0 Å². The van der Waals surface area contributed by atoms with Crippen LogP contribution in [0.1, 0.15) is 12.8 Å². The van der Waals surface area contributed by atoms with Crippen molar-refractivity contribution in [2.75, 3.05) is 13.2 Å². The first-order chi connectivity index (χ1) is 5.29. The van der Waals surface area contributed by atoms with Crippen LogP contribution in [0.2, 0.25) is 0 Å². The lowest BCUT2D eigenvalue weighted by molar-refractivity contribution is -0.459. The van der Waals surface area contributed by atoms with Crippen LogP contribution in [0.25, 0.3) is 0 Å². The molecule has 1 rings (SSSR count). The molecule has 0 aromatic heterocycles. The predicted octanol–water partition coefficient (Wildman–Crippen LogP) is -0.905. The maximum Gasteiger partial charge on any atom is 0.0477 e. The van der Waals surface area contributed by atoms with Crippen LogP contribution in [0.3, 0.4) is 0 Å². The van der Waals surface area contributed by atoms with Crippen LogP contribution < -0.4 is 5.11 Å². The minimum atomic E-state index is -1.74. The van der Waals surface area contributed by atoms with E-state index < -0.39 is 6.29 Å². The quantitative estimate of drug-likeness (QED) is 0.364. The summed E-state index contributed by atoms with van der Waals surface area (Å²) in [5, 5.41) is 18.4. The van der Waals surface area contributed by atoms with Gasteiger partial charge in [-0.25, -0.2) is 0 Å². The van der Waals surface area contributed by atoms with Gasteiger partial charge >= 0.3 is 0 Å². The van der Waals surface area contributed by atoms with Crippen LogP contribution in [0, 0.1) is 17.8 Å². The average Bonchev–Trinajstić information content (AvgIpc) is 2.03. The summed E-state index contributed by atoms with van der Waals surface area (Å²) in [6.07, 6.45) is 0.0113. The zero-order chi connectivity index (χ0) is 8.10. The van der Waals surface area contributed by atoms with Gasteiger partial charge < -0.3 is 14.9 Å². The van der Waals surface area contributed by atoms with Gasteiger partial charge in [-0.1, -0.05) is 11.8 Å². The number of aliphatic hydroxyl groups excluding tert-OH is 1. The van der Waals surface area contributed by atoms with E-state index in [2.05, 4.69) is 11.8 Å². The van der Waals surface area contributed by atoms with Crippen LogP contribution in [0.15, 0.2) is 0 Å². The zero-order valence-electron chi connectivity index (χ0n) is 6.25. The second-order valence-electron chi connectivity index (χ2n) is 2.53. The molecule has 62 valence electrons. The fourth-order valence-electron chi connectivity index (χ4n) is 1.03. The van der Waals surface area contributed by atoms with E-state index in [1.165, 1.54) is 0 Å². The van der Waals surface area contributed by atoms with Gasteiger partial charge in [0, 0.05) is 25.4 Å². The van der Waals surface area contributed by atoms with E-state index in [4.69, 9.17) is 9.84 Å². The summed E-state index contributed by atoms with van der Waals surface area (Å²) < 4.78 is 5.10. The van der Waals surface area contributed by atoms with Crippen molar-refractivity contribution in [1.82, 2.24) is 0 Å². The number of hydrogen-bond acceptors (Lipinski definition) is 3. The Hall–Kier alpha value is -0.560. The Bertz CT molecular complexity index is 160. The summed E-state index contributed by atoms with van der Waals surface area (Å²) in [6.45, 7) is 1.43. The van der Waals surface area contributed by atoms with E-state index in [1.807, 2.05) is 0 Å². The Morgan fingerprint density at radius 1 is 1.45 bits per heavy atom. The first-order valence-corrected chi connectivity index (χ1v) is 3.72. The third kappa shape index (κ3) is 3.38. The lowest BCUT2D eigenvalue weighted by atomic mass is 10.0. The molecule has 3 heteroatoms. The molecule has 11 heavy (non-hydrogen) atoms. The van der Waals surface area contributed by atoms with Crippen LogP contribution in [-0.4, -0.2) is 24.6 Å². The monoisotopic (exact) mass is 155 g/mol. The van der Waals surface area contributed by atoms with E-state index in [-0.39, 0.29) is 5.92 Å². The molecular formula is C8H11O3-. The molecule has 0 aromatic rings. The first kappa shape index (κ1) is 8.54. The standard InChI is InChI=1S/C8H11O3/c9-8(10)2-1-7-3-5-11-6-4-7/h7-9H,3-6H2/q-1. The number of ether oxygens (including phenoxy) is 1. The molecule has 1 saturated heterocycles. The SMILES string of the molecule is [O-]C(O)C#CC1CCOCC1. The van der Waals surface area contributed by atoms with Crippen molar-refractivity contribution in [3.63, 3.8) is 0 Å². The van der Waals surface area contributed by atoms with Gasteiger partial charge in [0.2, 0.25) is 0 Å². The maximum atomic E-state index is 10.1. The minimum Gasteiger partial charge on any atom is -0.821 e. The van der Waals surface area contributed by atoms with E-state index in [0.29, 0.717) is 13.2 Å². The first-order valence-electron chi connectivity index (χ1n) is 3.72. The van der Waals surface area contributed by atoms with E-state index in [0.717, 1.165) is 12.8 Å². The summed E-state index contributed by atoms with van der Waals surface area (Å²) in [5.74, 6) is 5.18. The van der Waals surface area contributed by atoms with Crippen molar-refractivity contribution in [2.45, 2.75) is 19.1 Å².